The van der Waals surface area contributed by atoms with Gasteiger partial charge < -0.3 is 15.3 Å². The molecule has 0 unspecified atom stereocenters. The maximum atomic E-state index is 12.5. The summed E-state index contributed by atoms with van der Waals surface area (Å²) in [6, 6.07) is 4.99. The van der Waals surface area contributed by atoms with Crippen LogP contribution in [0, 0.1) is 0 Å². The van der Waals surface area contributed by atoms with Crippen LogP contribution >= 0.6 is 0 Å². The molecule has 0 spiro atoms. The first-order valence-electron chi connectivity index (χ1n) is 6.80. The summed E-state index contributed by atoms with van der Waals surface area (Å²) in [6.07, 6.45) is 0.717. The molecular formula is C14H17N3O3. The average Bonchev–Trinajstić information content (AvgIpc) is 2.90. The van der Waals surface area contributed by atoms with Gasteiger partial charge in [0, 0.05) is 38.4 Å². The number of nitrogens with one attached hydrogen (secondary N) is 1. The van der Waals surface area contributed by atoms with Crippen LogP contribution < -0.4 is 10.2 Å². The fraction of sp³-hybridized carbons (Fsp3) is 0.429. The van der Waals surface area contributed by atoms with Gasteiger partial charge in [0.05, 0.1) is 5.56 Å². The van der Waals surface area contributed by atoms with Crippen LogP contribution in [0.15, 0.2) is 18.2 Å². The number of carbonyl (C=O) groups excluding carboxylic acids is 1. The largest absolute Gasteiger partial charge is 0.478 e. The van der Waals surface area contributed by atoms with Gasteiger partial charge in [-0.25, -0.2) is 9.59 Å². The van der Waals surface area contributed by atoms with E-state index in [0.717, 1.165) is 37.4 Å². The van der Waals surface area contributed by atoms with Gasteiger partial charge in [-0.15, -0.1) is 0 Å². The maximum absolute atomic E-state index is 12.5. The molecule has 1 fully saturated rings. The monoisotopic (exact) mass is 275 g/mol. The van der Waals surface area contributed by atoms with Crippen LogP contribution in [-0.2, 0) is 6.42 Å². The van der Waals surface area contributed by atoms with Gasteiger partial charge in [0.1, 0.15) is 0 Å². The highest BCUT2D eigenvalue weighted by Crippen LogP contribution is 2.29. The highest BCUT2D eigenvalue weighted by molar-refractivity contribution is 5.96. The summed E-state index contributed by atoms with van der Waals surface area (Å²) >= 11 is 0. The molecule has 2 heterocycles. The lowest BCUT2D eigenvalue weighted by Crippen LogP contribution is -2.51. The molecule has 6 nitrogen and oxygen atoms in total. The van der Waals surface area contributed by atoms with E-state index < -0.39 is 5.97 Å². The summed E-state index contributed by atoms with van der Waals surface area (Å²) in [5, 5.41) is 12.2. The number of fused-ring (bicyclic) bond motifs is 1. The summed E-state index contributed by atoms with van der Waals surface area (Å²) in [5.74, 6) is -0.931. The Labute approximate surface area is 117 Å². The first kappa shape index (κ1) is 12.9. The summed E-state index contributed by atoms with van der Waals surface area (Å²) in [4.78, 5) is 27.1. The molecule has 2 aliphatic rings. The summed E-state index contributed by atoms with van der Waals surface area (Å²) < 4.78 is 0. The fourth-order valence-corrected chi connectivity index (χ4v) is 2.76. The zero-order valence-electron chi connectivity index (χ0n) is 11.1. The van der Waals surface area contributed by atoms with Gasteiger partial charge in [0.15, 0.2) is 0 Å². The highest BCUT2D eigenvalue weighted by Gasteiger charge is 2.29. The van der Waals surface area contributed by atoms with Crippen LogP contribution in [0.1, 0.15) is 15.9 Å². The van der Waals surface area contributed by atoms with Gasteiger partial charge in [-0.1, -0.05) is 0 Å². The number of amides is 2. The number of hydrogen-bond donors (Lipinski definition) is 2. The van der Waals surface area contributed by atoms with Crippen LogP contribution in [-0.4, -0.2) is 54.7 Å². The number of nitrogens with zero attached hydrogens (tertiary/aromatic N) is 2. The van der Waals surface area contributed by atoms with Crippen molar-refractivity contribution in [3.63, 3.8) is 0 Å². The van der Waals surface area contributed by atoms with Gasteiger partial charge in [-0.05, 0) is 30.2 Å². The van der Waals surface area contributed by atoms with E-state index in [1.807, 2.05) is 4.90 Å². The molecule has 2 N–H and O–H groups in total. The molecule has 20 heavy (non-hydrogen) atoms. The van der Waals surface area contributed by atoms with E-state index in [1.165, 1.54) is 0 Å². The molecule has 1 aromatic carbocycles. The number of rotatable bonds is 1. The predicted octanol–water partition coefficient (Wildman–Crippen LogP) is 0.772. The molecule has 2 aliphatic heterocycles. The maximum Gasteiger partial charge on any atom is 0.335 e. The van der Waals surface area contributed by atoms with E-state index in [-0.39, 0.29) is 11.6 Å². The molecule has 0 bridgehead atoms. The Morgan fingerprint density at radius 3 is 2.60 bits per heavy atom. The van der Waals surface area contributed by atoms with Gasteiger partial charge in [-0.3, -0.25) is 4.90 Å². The van der Waals surface area contributed by atoms with E-state index in [4.69, 9.17) is 5.11 Å². The van der Waals surface area contributed by atoms with Gasteiger partial charge in [-0.2, -0.15) is 0 Å². The Morgan fingerprint density at radius 1 is 1.15 bits per heavy atom. The van der Waals surface area contributed by atoms with Crippen LogP contribution in [0.4, 0.5) is 10.5 Å². The Morgan fingerprint density at radius 2 is 1.90 bits per heavy atom. The second-order valence-electron chi connectivity index (χ2n) is 5.07. The number of carboxylic acids is 1. The third kappa shape index (κ3) is 2.22. The Hall–Kier alpha value is -2.08. The summed E-state index contributed by atoms with van der Waals surface area (Å²) in [7, 11) is 0. The van der Waals surface area contributed by atoms with E-state index in [0.29, 0.717) is 13.0 Å². The minimum Gasteiger partial charge on any atom is -0.478 e. The van der Waals surface area contributed by atoms with Gasteiger partial charge >= 0.3 is 12.0 Å². The predicted molar refractivity (Wildman–Crippen MR) is 74.3 cm³/mol. The number of carboxylic acid groups (broad SMARTS) is 1. The normalized spacial score (nSPS) is 18.0. The van der Waals surface area contributed by atoms with Crippen molar-refractivity contribution in [3.05, 3.63) is 29.3 Å². The number of urea groups is 1. The fourth-order valence-electron chi connectivity index (χ4n) is 2.76. The Balaban J connectivity index is 1.81. The Bertz CT molecular complexity index is 553. The van der Waals surface area contributed by atoms with Crippen LogP contribution in [0.2, 0.25) is 0 Å². The first-order valence-corrected chi connectivity index (χ1v) is 6.80. The third-order valence-corrected chi connectivity index (χ3v) is 3.84. The SMILES string of the molecule is O=C(O)c1ccc2c(c1)CCN2C(=O)N1CCNCC1. The minimum absolute atomic E-state index is 0.0216. The molecule has 0 atom stereocenters. The molecule has 0 aliphatic carbocycles. The van der Waals surface area contributed by atoms with Gasteiger partial charge in [0.25, 0.3) is 0 Å². The topological polar surface area (TPSA) is 72.9 Å². The lowest BCUT2D eigenvalue weighted by molar-refractivity contribution is 0.0697. The first-order chi connectivity index (χ1) is 9.66. The van der Waals surface area contributed by atoms with Crippen LogP contribution in [0.3, 0.4) is 0 Å². The number of anilines is 1. The summed E-state index contributed by atoms with van der Waals surface area (Å²) in [5.41, 5.74) is 2.06. The zero-order chi connectivity index (χ0) is 14.1. The van der Waals surface area contributed by atoms with Gasteiger partial charge in [0.2, 0.25) is 0 Å². The minimum atomic E-state index is -0.931. The summed E-state index contributed by atoms with van der Waals surface area (Å²) in [6.45, 7) is 3.71. The molecule has 1 saturated heterocycles. The molecule has 2 amide bonds. The van der Waals surface area contributed by atoms with E-state index in [9.17, 15) is 9.59 Å². The molecular weight excluding hydrogens is 258 g/mol. The van der Waals surface area contributed by atoms with Crippen molar-refractivity contribution in [2.75, 3.05) is 37.6 Å². The second-order valence-corrected chi connectivity index (χ2v) is 5.07. The van der Waals surface area contributed by atoms with E-state index >= 15 is 0 Å². The van der Waals surface area contributed by atoms with Crippen molar-refractivity contribution in [2.24, 2.45) is 0 Å². The van der Waals surface area contributed by atoms with Crippen molar-refractivity contribution in [3.8, 4) is 0 Å². The molecule has 0 aromatic heterocycles. The lowest BCUT2D eigenvalue weighted by Gasteiger charge is -2.31. The third-order valence-electron chi connectivity index (χ3n) is 3.84. The average molecular weight is 275 g/mol. The van der Waals surface area contributed by atoms with Crippen molar-refractivity contribution >= 4 is 17.7 Å². The van der Waals surface area contributed by atoms with Crippen molar-refractivity contribution in [1.29, 1.82) is 0 Å². The quantitative estimate of drug-likeness (QED) is 0.794. The van der Waals surface area contributed by atoms with Crippen LogP contribution in [0.5, 0.6) is 0 Å². The number of hydrogen-bond acceptors (Lipinski definition) is 3. The molecule has 0 saturated carbocycles. The second kappa shape index (κ2) is 5.13. The van der Waals surface area contributed by atoms with E-state index in [2.05, 4.69) is 5.32 Å². The molecule has 106 valence electrons. The number of piperazine rings is 1. The molecule has 6 heteroatoms. The van der Waals surface area contributed by atoms with Crippen molar-refractivity contribution in [1.82, 2.24) is 10.2 Å². The van der Waals surface area contributed by atoms with E-state index in [1.54, 1.807) is 23.1 Å². The van der Waals surface area contributed by atoms with Crippen LogP contribution in [0.25, 0.3) is 0 Å². The molecule has 1 aromatic rings. The molecule has 3 rings (SSSR count). The lowest BCUT2D eigenvalue weighted by atomic mass is 10.1. The molecule has 0 radical (unpaired) electrons. The Kier molecular flexibility index (Phi) is 3.31. The smallest absolute Gasteiger partial charge is 0.335 e. The zero-order valence-corrected chi connectivity index (χ0v) is 11.1. The van der Waals surface area contributed by atoms with Crippen molar-refractivity contribution in [2.45, 2.75) is 6.42 Å². The highest BCUT2D eigenvalue weighted by atomic mass is 16.4. The number of benzene rings is 1. The number of aromatic carboxylic acids is 1. The van der Waals surface area contributed by atoms with Crippen molar-refractivity contribution < 1.29 is 14.7 Å². The standard InChI is InChI=1S/C14H17N3O3/c18-13(19)11-1-2-12-10(9-11)3-6-17(12)14(20)16-7-4-15-5-8-16/h1-2,9,15H,3-8H2,(H,18,19). The number of carbonyl (C=O) groups is 2.